The van der Waals surface area contributed by atoms with Crippen molar-refractivity contribution in [1.82, 2.24) is 9.38 Å². The molecule has 2 heterocycles. The van der Waals surface area contributed by atoms with E-state index in [1.54, 1.807) is 42.6 Å². The van der Waals surface area contributed by atoms with Crippen LogP contribution in [0, 0.1) is 0 Å². The van der Waals surface area contributed by atoms with Gasteiger partial charge < -0.3 is 14.8 Å². The lowest BCUT2D eigenvalue weighted by atomic mass is 10.2. The quantitative estimate of drug-likeness (QED) is 0.793. The van der Waals surface area contributed by atoms with E-state index in [1.807, 2.05) is 0 Å². The summed E-state index contributed by atoms with van der Waals surface area (Å²) in [6.07, 6.45) is 2.84. The van der Waals surface area contributed by atoms with Crippen molar-refractivity contribution in [3.05, 3.63) is 64.7 Å². The van der Waals surface area contributed by atoms with E-state index in [2.05, 4.69) is 10.3 Å². The molecule has 0 aliphatic carbocycles. The first-order valence-corrected chi connectivity index (χ1v) is 7.14. The van der Waals surface area contributed by atoms with Crippen LogP contribution in [0.15, 0.2) is 53.6 Å². The summed E-state index contributed by atoms with van der Waals surface area (Å²) in [6.45, 7) is 0. The number of carbonyl (C=O) groups is 1. The van der Waals surface area contributed by atoms with Crippen LogP contribution in [-0.4, -0.2) is 29.5 Å². The minimum atomic E-state index is -0.544. The van der Waals surface area contributed by atoms with Gasteiger partial charge in [0.05, 0.1) is 14.2 Å². The first-order chi connectivity index (χ1) is 11.6. The topological polar surface area (TPSA) is 81.9 Å². The molecule has 7 nitrogen and oxygen atoms in total. The van der Waals surface area contributed by atoms with E-state index in [0.717, 1.165) is 0 Å². The van der Waals surface area contributed by atoms with Crippen LogP contribution in [0.4, 0.5) is 5.69 Å². The lowest BCUT2D eigenvalue weighted by molar-refractivity contribution is 0.102. The van der Waals surface area contributed by atoms with Gasteiger partial charge in [0.1, 0.15) is 11.2 Å². The highest BCUT2D eigenvalue weighted by Crippen LogP contribution is 2.29. The van der Waals surface area contributed by atoms with Gasteiger partial charge in [-0.2, -0.15) is 0 Å². The molecule has 1 N–H and O–H groups in total. The van der Waals surface area contributed by atoms with Gasteiger partial charge in [-0.25, -0.2) is 4.98 Å². The molecule has 0 aliphatic heterocycles. The van der Waals surface area contributed by atoms with Crippen LogP contribution in [0.5, 0.6) is 11.5 Å². The number of amides is 1. The number of methoxy groups -OCH3 is 2. The Balaban J connectivity index is 1.93. The van der Waals surface area contributed by atoms with Crippen molar-refractivity contribution in [3.8, 4) is 11.5 Å². The smallest absolute Gasteiger partial charge is 0.270 e. The second kappa shape index (κ2) is 6.41. The minimum Gasteiger partial charge on any atom is -0.493 e. The van der Waals surface area contributed by atoms with Gasteiger partial charge in [0.25, 0.3) is 11.5 Å². The first-order valence-electron chi connectivity index (χ1n) is 7.14. The fourth-order valence-electron chi connectivity index (χ4n) is 2.29. The second-order valence-corrected chi connectivity index (χ2v) is 4.93. The molecule has 0 radical (unpaired) electrons. The fraction of sp³-hybridized carbons (Fsp3) is 0.118. The maximum atomic E-state index is 12.4. The average molecular weight is 325 g/mol. The summed E-state index contributed by atoms with van der Waals surface area (Å²) in [5, 5.41) is 2.66. The Morgan fingerprint density at radius 2 is 1.92 bits per heavy atom. The lowest BCUT2D eigenvalue weighted by Gasteiger charge is -2.10. The predicted octanol–water partition coefficient (Wildman–Crippen LogP) is 1.96. The molecular formula is C17H15N3O4. The van der Waals surface area contributed by atoms with Crippen LogP contribution < -0.4 is 20.3 Å². The fourth-order valence-corrected chi connectivity index (χ4v) is 2.29. The number of benzene rings is 1. The Morgan fingerprint density at radius 3 is 2.67 bits per heavy atom. The number of hydrogen-bond acceptors (Lipinski definition) is 5. The third-order valence-corrected chi connectivity index (χ3v) is 3.50. The molecular weight excluding hydrogens is 310 g/mol. The van der Waals surface area contributed by atoms with E-state index in [-0.39, 0.29) is 5.56 Å². The molecule has 0 unspecified atom stereocenters. The molecule has 3 rings (SSSR count). The molecule has 2 aromatic heterocycles. The molecule has 0 aliphatic rings. The van der Waals surface area contributed by atoms with Gasteiger partial charge in [-0.3, -0.25) is 14.0 Å². The van der Waals surface area contributed by atoms with Crippen LogP contribution in [-0.2, 0) is 0 Å². The number of rotatable bonds is 4. The van der Waals surface area contributed by atoms with Crippen molar-refractivity contribution in [1.29, 1.82) is 0 Å². The zero-order valence-corrected chi connectivity index (χ0v) is 13.1. The van der Waals surface area contributed by atoms with Crippen LogP contribution in [0.3, 0.4) is 0 Å². The van der Waals surface area contributed by atoms with E-state index in [4.69, 9.17) is 9.47 Å². The third-order valence-electron chi connectivity index (χ3n) is 3.50. The molecule has 0 bridgehead atoms. The van der Waals surface area contributed by atoms with Gasteiger partial charge in [0.15, 0.2) is 11.5 Å². The maximum absolute atomic E-state index is 12.4. The van der Waals surface area contributed by atoms with Gasteiger partial charge in [-0.05, 0) is 24.3 Å². The Kier molecular flexibility index (Phi) is 4.15. The van der Waals surface area contributed by atoms with E-state index in [9.17, 15) is 9.59 Å². The largest absolute Gasteiger partial charge is 0.493 e. The molecule has 1 aromatic carbocycles. The van der Waals surface area contributed by atoms with Gasteiger partial charge in [-0.15, -0.1) is 0 Å². The van der Waals surface area contributed by atoms with Crippen molar-refractivity contribution in [2.24, 2.45) is 0 Å². The molecule has 1 amide bonds. The number of aromatic nitrogens is 2. The molecule has 0 saturated heterocycles. The van der Waals surface area contributed by atoms with E-state index < -0.39 is 11.5 Å². The van der Waals surface area contributed by atoms with Crippen LogP contribution in [0.2, 0.25) is 0 Å². The van der Waals surface area contributed by atoms with Crippen LogP contribution >= 0.6 is 0 Å². The van der Waals surface area contributed by atoms with Crippen molar-refractivity contribution >= 4 is 17.2 Å². The Morgan fingerprint density at radius 1 is 1.12 bits per heavy atom. The molecule has 3 aromatic rings. The number of fused-ring (bicyclic) bond motifs is 1. The number of hydrogen-bond donors (Lipinski definition) is 1. The summed E-state index contributed by atoms with van der Waals surface area (Å²) in [5.74, 6) is 0.476. The Bertz CT molecular complexity index is 965. The van der Waals surface area contributed by atoms with Crippen LogP contribution in [0.25, 0.3) is 5.65 Å². The highest BCUT2D eigenvalue weighted by atomic mass is 16.5. The number of ether oxygens (including phenoxy) is 2. The minimum absolute atomic E-state index is 0.0477. The number of nitrogens with one attached hydrogen (secondary N) is 1. The highest BCUT2D eigenvalue weighted by molar-refractivity contribution is 6.04. The van der Waals surface area contributed by atoms with Crippen molar-refractivity contribution < 1.29 is 14.3 Å². The van der Waals surface area contributed by atoms with Crippen molar-refractivity contribution in [2.45, 2.75) is 0 Å². The standard InChI is InChI=1S/C17H15N3O4/c1-23-13-7-6-11(9-14(13)24-2)19-16(21)12-10-18-15-5-3-4-8-20(15)17(12)22/h3-10H,1-2H3,(H,19,21). The number of nitrogens with zero attached hydrogens (tertiary/aromatic N) is 2. The maximum Gasteiger partial charge on any atom is 0.270 e. The predicted molar refractivity (Wildman–Crippen MR) is 89.0 cm³/mol. The first kappa shape index (κ1) is 15.5. The molecule has 122 valence electrons. The van der Waals surface area contributed by atoms with Crippen molar-refractivity contribution in [2.75, 3.05) is 19.5 Å². The summed E-state index contributed by atoms with van der Waals surface area (Å²) in [7, 11) is 3.03. The molecule has 0 spiro atoms. The molecule has 7 heteroatoms. The molecule has 0 atom stereocenters. The van der Waals surface area contributed by atoms with Gasteiger partial charge in [0, 0.05) is 24.1 Å². The monoisotopic (exact) mass is 325 g/mol. The summed E-state index contributed by atoms with van der Waals surface area (Å²) in [6, 6.07) is 10.1. The Labute approximate surface area is 137 Å². The molecule has 24 heavy (non-hydrogen) atoms. The molecule has 0 saturated carbocycles. The highest BCUT2D eigenvalue weighted by Gasteiger charge is 2.14. The van der Waals surface area contributed by atoms with E-state index in [0.29, 0.717) is 22.8 Å². The number of carbonyl (C=O) groups excluding carboxylic acids is 1. The summed E-state index contributed by atoms with van der Waals surface area (Å²) in [4.78, 5) is 28.9. The van der Waals surface area contributed by atoms with Gasteiger partial charge in [0.2, 0.25) is 0 Å². The summed E-state index contributed by atoms with van der Waals surface area (Å²) in [5.41, 5.74) is 0.479. The lowest BCUT2D eigenvalue weighted by Crippen LogP contribution is -2.26. The van der Waals surface area contributed by atoms with Crippen molar-refractivity contribution in [3.63, 3.8) is 0 Å². The summed E-state index contributed by atoms with van der Waals surface area (Å²) >= 11 is 0. The zero-order valence-electron chi connectivity index (χ0n) is 13.1. The number of pyridine rings is 1. The van der Waals surface area contributed by atoms with E-state index in [1.165, 1.54) is 24.8 Å². The Hall–Kier alpha value is -3.35. The molecule has 0 fully saturated rings. The summed E-state index contributed by atoms with van der Waals surface area (Å²) < 4.78 is 11.7. The van der Waals surface area contributed by atoms with E-state index >= 15 is 0 Å². The second-order valence-electron chi connectivity index (χ2n) is 4.93. The van der Waals surface area contributed by atoms with Gasteiger partial charge >= 0.3 is 0 Å². The average Bonchev–Trinajstić information content (AvgIpc) is 2.62. The normalized spacial score (nSPS) is 10.4. The SMILES string of the molecule is COc1ccc(NC(=O)c2cnc3ccccn3c2=O)cc1OC. The van der Waals surface area contributed by atoms with Gasteiger partial charge in [-0.1, -0.05) is 6.07 Å². The third kappa shape index (κ3) is 2.79. The zero-order chi connectivity index (χ0) is 17.1. The number of anilines is 1. The van der Waals surface area contributed by atoms with Crippen LogP contribution in [0.1, 0.15) is 10.4 Å².